The fraction of sp³-hybridized carbons (Fsp3) is 1.00. The maximum absolute atomic E-state index is 12.0. The second kappa shape index (κ2) is 9.34. The minimum atomic E-state index is -2.28. The van der Waals surface area contributed by atoms with Crippen molar-refractivity contribution in [2.45, 2.75) is 45.6 Å². The Morgan fingerprint density at radius 2 is 1.86 bits per heavy atom. The summed E-state index contributed by atoms with van der Waals surface area (Å²) in [6.45, 7) is 5.62. The molecule has 0 aromatic heterocycles. The Kier molecular flexibility index (Phi) is 9.19. The van der Waals surface area contributed by atoms with Crippen LogP contribution < -0.4 is 5.32 Å². The van der Waals surface area contributed by atoms with Crippen LogP contribution >= 0.6 is 0 Å². The summed E-state index contributed by atoms with van der Waals surface area (Å²) in [5, 5.41) is 2.74. The van der Waals surface area contributed by atoms with E-state index in [1.54, 1.807) is 0 Å². The lowest BCUT2D eigenvalue weighted by atomic mass is 10.3. The number of ether oxygens (including phenoxy) is 1. The predicted octanol–water partition coefficient (Wildman–Crippen LogP) is 2.44. The molecule has 1 N–H and O–H groups in total. The van der Waals surface area contributed by atoms with Crippen molar-refractivity contribution in [1.29, 1.82) is 0 Å². The molecule has 0 radical (unpaired) electrons. The van der Waals surface area contributed by atoms with Crippen molar-refractivity contribution in [3.63, 3.8) is 0 Å². The summed E-state index contributed by atoms with van der Waals surface area (Å²) < 4.78 is 29.3. The quantitative estimate of drug-likeness (QED) is 0.589. The van der Waals surface area contributed by atoms with E-state index in [1.165, 1.54) is 6.92 Å². The third kappa shape index (κ3) is 8.38. The summed E-state index contributed by atoms with van der Waals surface area (Å²) in [5.41, 5.74) is 0. The van der Waals surface area contributed by atoms with Crippen molar-refractivity contribution in [2.24, 2.45) is 0 Å². The zero-order valence-electron chi connectivity index (χ0n) is 9.06. The first-order chi connectivity index (χ1) is 6.68. The van der Waals surface area contributed by atoms with Crippen LogP contribution in [0.25, 0.3) is 0 Å². The molecular weight excluding hydrogens is 188 g/mol. The van der Waals surface area contributed by atoms with Gasteiger partial charge in [-0.25, -0.2) is 8.78 Å². The summed E-state index contributed by atoms with van der Waals surface area (Å²) in [6.07, 6.45) is 0.707. The molecule has 0 aromatic carbocycles. The van der Waals surface area contributed by atoms with Crippen LogP contribution in [0.2, 0.25) is 0 Å². The average Bonchev–Trinajstić information content (AvgIpc) is 2.16. The molecule has 4 heteroatoms. The Balaban J connectivity index is 3.06. The lowest BCUT2D eigenvalue weighted by Gasteiger charge is -2.12. The van der Waals surface area contributed by atoms with Gasteiger partial charge in [0, 0.05) is 13.2 Å². The van der Waals surface area contributed by atoms with Crippen LogP contribution in [0.4, 0.5) is 8.78 Å². The SMILES string of the molecule is CCCCOCCCNC(C)C(F)F. The van der Waals surface area contributed by atoms with Crippen molar-refractivity contribution in [1.82, 2.24) is 5.32 Å². The third-order valence-electron chi connectivity index (χ3n) is 1.95. The van der Waals surface area contributed by atoms with Crippen molar-refractivity contribution in [3.8, 4) is 0 Å². The molecule has 0 amide bonds. The van der Waals surface area contributed by atoms with Gasteiger partial charge in [0.2, 0.25) is 0 Å². The van der Waals surface area contributed by atoms with Crippen LogP contribution in [0.15, 0.2) is 0 Å². The summed E-state index contributed by atoms with van der Waals surface area (Å²) in [4.78, 5) is 0. The first-order valence-corrected chi connectivity index (χ1v) is 5.27. The number of hydrogen-bond donors (Lipinski definition) is 1. The summed E-state index contributed by atoms with van der Waals surface area (Å²) in [6, 6.07) is -0.717. The van der Waals surface area contributed by atoms with Gasteiger partial charge >= 0.3 is 0 Å². The summed E-state index contributed by atoms with van der Waals surface area (Å²) in [7, 11) is 0. The lowest BCUT2D eigenvalue weighted by molar-refractivity contribution is 0.0997. The molecule has 0 aliphatic carbocycles. The molecular formula is C10H21F2NO. The van der Waals surface area contributed by atoms with Crippen LogP contribution in [0, 0.1) is 0 Å². The highest BCUT2D eigenvalue weighted by Crippen LogP contribution is 1.98. The molecule has 0 rings (SSSR count). The highest BCUT2D eigenvalue weighted by molar-refractivity contribution is 4.61. The van der Waals surface area contributed by atoms with E-state index >= 15 is 0 Å². The van der Waals surface area contributed by atoms with Crippen molar-refractivity contribution < 1.29 is 13.5 Å². The third-order valence-corrected chi connectivity index (χ3v) is 1.95. The Bertz CT molecular complexity index is 123. The van der Waals surface area contributed by atoms with E-state index in [-0.39, 0.29) is 0 Å². The molecule has 0 saturated carbocycles. The molecule has 0 spiro atoms. The number of hydrogen-bond acceptors (Lipinski definition) is 2. The Morgan fingerprint density at radius 3 is 2.43 bits per heavy atom. The van der Waals surface area contributed by atoms with Gasteiger partial charge in [0.1, 0.15) is 0 Å². The fourth-order valence-electron chi connectivity index (χ4n) is 0.942. The van der Waals surface area contributed by atoms with E-state index in [4.69, 9.17) is 4.74 Å². The van der Waals surface area contributed by atoms with E-state index < -0.39 is 12.5 Å². The van der Waals surface area contributed by atoms with Gasteiger partial charge in [-0.2, -0.15) is 0 Å². The molecule has 0 aliphatic heterocycles. The summed E-state index contributed by atoms with van der Waals surface area (Å²) >= 11 is 0. The smallest absolute Gasteiger partial charge is 0.253 e. The lowest BCUT2D eigenvalue weighted by Crippen LogP contribution is -2.33. The molecule has 0 aromatic rings. The number of alkyl halides is 2. The molecule has 86 valence electrons. The predicted molar refractivity (Wildman–Crippen MR) is 53.8 cm³/mol. The second-order valence-corrected chi connectivity index (χ2v) is 3.40. The zero-order chi connectivity index (χ0) is 10.8. The normalized spacial score (nSPS) is 13.5. The van der Waals surface area contributed by atoms with Gasteiger partial charge in [-0.3, -0.25) is 0 Å². The first kappa shape index (κ1) is 13.8. The van der Waals surface area contributed by atoms with Gasteiger partial charge in [0.05, 0.1) is 6.04 Å². The number of rotatable bonds is 9. The zero-order valence-corrected chi connectivity index (χ0v) is 9.06. The Morgan fingerprint density at radius 1 is 1.21 bits per heavy atom. The molecule has 0 bridgehead atoms. The molecule has 0 saturated heterocycles. The minimum absolute atomic E-state index is 0.595. The van der Waals surface area contributed by atoms with E-state index in [9.17, 15) is 8.78 Å². The van der Waals surface area contributed by atoms with Crippen LogP contribution in [0.1, 0.15) is 33.1 Å². The second-order valence-electron chi connectivity index (χ2n) is 3.40. The maximum atomic E-state index is 12.0. The maximum Gasteiger partial charge on any atom is 0.253 e. The van der Waals surface area contributed by atoms with Crippen LogP contribution in [-0.2, 0) is 4.74 Å². The molecule has 0 fully saturated rings. The van der Waals surface area contributed by atoms with E-state index in [0.717, 1.165) is 25.9 Å². The number of unbranched alkanes of at least 4 members (excludes halogenated alkanes) is 1. The molecule has 1 atom stereocenters. The van der Waals surface area contributed by atoms with Gasteiger partial charge in [0.25, 0.3) is 6.43 Å². The standard InChI is InChI=1S/C10H21F2NO/c1-3-4-7-14-8-5-6-13-9(2)10(11)12/h9-10,13H,3-8H2,1-2H3. The molecule has 0 heterocycles. The summed E-state index contributed by atoms with van der Waals surface area (Å²) in [5.74, 6) is 0. The topological polar surface area (TPSA) is 21.3 Å². The van der Waals surface area contributed by atoms with Gasteiger partial charge < -0.3 is 10.1 Å². The van der Waals surface area contributed by atoms with Crippen LogP contribution in [0.5, 0.6) is 0 Å². The molecule has 2 nitrogen and oxygen atoms in total. The van der Waals surface area contributed by atoms with E-state index in [1.807, 2.05) is 0 Å². The monoisotopic (exact) mass is 209 g/mol. The van der Waals surface area contributed by atoms with Gasteiger partial charge in [-0.1, -0.05) is 13.3 Å². The van der Waals surface area contributed by atoms with Gasteiger partial charge in [-0.05, 0) is 26.3 Å². The highest BCUT2D eigenvalue weighted by atomic mass is 19.3. The van der Waals surface area contributed by atoms with Crippen LogP contribution in [0.3, 0.4) is 0 Å². The van der Waals surface area contributed by atoms with Crippen molar-refractivity contribution in [2.75, 3.05) is 19.8 Å². The van der Waals surface area contributed by atoms with Gasteiger partial charge in [0.15, 0.2) is 0 Å². The minimum Gasteiger partial charge on any atom is -0.381 e. The number of nitrogens with one attached hydrogen (secondary N) is 1. The largest absolute Gasteiger partial charge is 0.381 e. The fourth-order valence-corrected chi connectivity index (χ4v) is 0.942. The number of halogens is 2. The van der Waals surface area contributed by atoms with E-state index in [2.05, 4.69) is 12.2 Å². The van der Waals surface area contributed by atoms with Crippen molar-refractivity contribution in [3.05, 3.63) is 0 Å². The average molecular weight is 209 g/mol. The van der Waals surface area contributed by atoms with Crippen molar-refractivity contribution >= 4 is 0 Å². The highest BCUT2D eigenvalue weighted by Gasteiger charge is 2.12. The Labute approximate surface area is 85.0 Å². The Hall–Kier alpha value is -0.220. The first-order valence-electron chi connectivity index (χ1n) is 5.27. The van der Waals surface area contributed by atoms with Gasteiger partial charge in [-0.15, -0.1) is 0 Å². The molecule has 0 aliphatic rings. The van der Waals surface area contributed by atoms with E-state index in [0.29, 0.717) is 13.2 Å². The molecule has 1 unspecified atom stereocenters. The van der Waals surface area contributed by atoms with Crippen LogP contribution in [-0.4, -0.2) is 32.2 Å². The molecule has 14 heavy (non-hydrogen) atoms.